The molecule has 3 heteroatoms. The molecule has 0 N–H and O–H groups in total. The Morgan fingerprint density at radius 2 is 1.25 bits per heavy atom. The molecule has 1 aromatic rings. The SMILES string of the molecule is CCC(C)(C)O[Si](C)(OC(C)(C)CC)c1ccccc1. The highest BCUT2D eigenvalue weighted by atomic mass is 28.4. The fraction of sp³-hybridized carbons (Fsp3) is 0.647. The van der Waals surface area contributed by atoms with E-state index in [4.69, 9.17) is 8.85 Å². The molecular formula is C17H30O2Si. The van der Waals surface area contributed by atoms with E-state index in [2.05, 4.69) is 72.4 Å². The van der Waals surface area contributed by atoms with Crippen LogP contribution < -0.4 is 5.19 Å². The van der Waals surface area contributed by atoms with Gasteiger partial charge in [0.15, 0.2) is 0 Å². The van der Waals surface area contributed by atoms with E-state index < -0.39 is 8.56 Å². The summed E-state index contributed by atoms with van der Waals surface area (Å²) in [5.41, 5.74) is -0.332. The molecular weight excluding hydrogens is 264 g/mol. The summed E-state index contributed by atoms with van der Waals surface area (Å²) in [6, 6.07) is 10.4. The maximum atomic E-state index is 6.52. The molecule has 1 rings (SSSR count). The van der Waals surface area contributed by atoms with Crippen LogP contribution in [0.15, 0.2) is 30.3 Å². The Morgan fingerprint density at radius 1 is 0.850 bits per heavy atom. The lowest BCUT2D eigenvalue weighted by molar-refractivity contribution is 0.00561. The van der Waals surface area contributed by atoms with Crippen LogP contribution in [0.2, 0.25) is 6.55 Å². The van der Waals surface area contributed by atoms with Gasteiger partial charge in [-0.1, -0.05) is 44.2 Å². The molecule has 0 radical (unpaired) electrons. The van der Waals surface area contributed by atoms with Crippen molar-refractivity contribution in [3.8, 4) is 0 Å². The summed E-state index contributed by atoms with van der Waals surface area (Å²) in [5.74, 6) is 0. The van der Waals surface area contributed by atoms with Crippen molar-refractivity contribution in [3.05, 3.63) is 30.3 Å². The van der Waals surface area contributed by atoms with E-state index in [0.717, 1.165) is 12.8 Å². The van der Waals surface area contributed by atoms with E-state index in [1.165, 1.54) is 5.19 Å². The maximum Gasteiger partial charge on any atom is 0.370 e. The summed E-state index contributed by atoms with van der Waals surface area (Å²) in [6.07, 6.45) is 1.94. The molecule has 1 aromatic carbocycles. The fourth-order valence-corrected chi connectivity index (χ4v) is 5.55. The normalized spacial score (nSPS) is 13.6. The summed E-state index contributed by atoms with van der Waals surface area (Å²) in [4.78, 5) is 0. The second-order valence-electron chi connectivity index (χ2n) is 6.74. The predicted molar refractivity (Wildman–Crippen MR) is 88.6 cm³/mol. The second-order valence-corrected chi connectivity index (χ2v) is 9.62. The summed E-state index contributed by atoms with van der Waals surface area (Å²) >= 11 is 0. The lowest BCUT2D eigenvalue weighted by Gasteiger charge is -2.41. The minimum absolute atomic E-state index is 0.166. The van der Waals surface area contributed by atoms with Gasteiger partial charge in [-0.3, -0.25) is 0 Å². The Labute approximate surface area is 125 Å². The third-order valence-electron chi connectivity index (χ3n) is 3.94. The highest BCUT2D eigenvalue weighted by Crippen LogP contribution is 2.27. The Balaban J connectivity index is 3.13. The largest absolute Gasteiger partial charge is 0.386 e. The zero-order chi connectivity index (χ0) is 15.4. The van der Waals surface area contributed by atoms with Crippen molar-refractivity contribution in [1.29, 1.82) is 0 Å². The van der Waals surface area contributed by atoms with Crippen molar-refractivity contribution in [2.45, 2.75) is 72.1 Å². The first-order valence-corrected chi connectivity index (χ1v) is 9.91. The average molecular weight is 295 g/mol. The lowest BCUT2D eigenvalue weighted by Crippen LogP contribution is -2.58. The highest BCUT2D eigenvalue weighted by Gasteiger charge is 2.43. The number of benzene rings is 1. The van der Waals surface area contributed by atoms with Gasteiger partial charge >= 0.3 is 8.56 Å². The topological polar surface area (TPSA) is 18.5 Å². The van der Waals surface area contributed by atoms with Crippen molar-refractivity contribution >= 4 is 13.7 Å². The van der Waals surface area contributed by atoms with Gasteiger partial charge in [-0.2, -0.15) is 0 Å². The van der Waals surface area contributed by atoms with Gasteiger partial charge in [0, 0.05) is 0 Å². The molecule has 0 saturated carbocycles. The number of hydrogen-bond donors (Lipinski definition) is 0. The predicted octanol–water partition coefficient (Wildman–Crippen LogP) is 4.38. The van der Waals surface area contributed by atoms with Gasteiger partial charge in [-0.15, -0.1) is 0 Å². The van der Waals surface area contributed by atoms with Crippen LogP contribution in [0, 0.1) is 0 Å². The third kappa shape index (κ3) is 4.72. The van der Waals surface area contributed by atoms with Gasteiger partial charge in [0.2, 0.25) is 0 Å². The molecule has 20 heavy (non-hydrogen) atoms. The van der Waals surface area contributed by atoms with Crippen LogP contribution in [-0.2, 0) is 8.85 Å². The highest BCUT2D eigenvalue weighted by molar-refractivity contribution is 6.80. The molecule has 0 unspecified atom stereocenters. The second kappa shape index (κ2) is 6.42. The molecule has 0 atom stereocenters. The van der Waals surface area contributed by atoms with Gasteiger partial charge in [0.25, 0.3) is 0 Å². The smallest absolute Gasteiger partial charge is 0.370 e. The Bertz CT molecular complexity index is 394. The molecule has 0 saturated heterocycles. The van der Waals surface area contributed by atoms with E-state index in [-0.39, 0.29) is 11.2 Å². The van der Waals surface area contributed by atoms with Gasteiger partial charge in [-0.25, -0.2) is 0 Å². The van der Waals surface area contributed by atoms with Crippen molar-refractivity contribution in [2.24, 2.45) is 0 Å². The molecule has 0 heterocycles. The maximum absolute atomic E-state index is 6.52. The van der Waals surface area contributed by atoms with Crippen molar-refractivity contribution in [2.75, 3.05) is 0 Å². The monoisotopic (exact) mass is 294 g/mol. The summed E-state index contributed by atoms with van der Waals surface area (Å²) in [6.45, 7) is 15.0. The van der Waals surface area contributed by atoms with E-state index in [1.807, 2.05) is 6.07 Å². The summed E-state index contributed by atoms with van der Waals surface area (Å²) < 4.78 is 13.0. The Hall–Kier alpha value is -0.643. The van der Waals surface area contributed by atoms with E-state index >= 15 is 0 Å². The lowest BCUT2D eigenvalue weighted by atomic mass is 10.1. The molecule has 0 aliphatic carbocycles. The standard InChI is InChI=1S/C17H30O2Si/c1-8-16(3,4)18-20(7,19-17(5,6)9-2)15-13-11-10-12-14-15/h10-14H,8-9H2,1-7H3. The third-order valence-corrected chi connectivity index (χ3v) is 7.21. The van der Waals surface area contributed by atoms with Crippen LogP contribution >= 0.6 is 0 Å². The molecule has 0 amide bonds. The molecule has 114 valence electrons. The van der Waals surface area contributed by atoms with Gasteiger partial charge in [0.1, 0.15) is 0 Å². The first kappa shape index (κ1) is 17.4. The zero-order valence-corrected chi connectivity index (χ0v) is 15.1. The van der Waals surface area contributed by atoms with Crippen LogP contribution in [0.1, 0.15) is 54.4 Å². The number of rotatable bonds is 7. The van der Waals surface area contributed by atoms with Gasteiger partial charge in [-0.05, 0) is 52.3 Å². The fourth-order valence-electron chi connectivity index (χ4n) is 2.08. The van der Waals surface area contributed by atoms with Crippen LogP contribution in [0.5, 0.6) is 0 Å². The quantitative estimate of drug-likeness (QED) is 0.695. The molecule has 0 bridgehead atoms. The van der Waals surface area contributed by atoms with Gasteiger partial charge < -0.3 is 8.85 Å². The van der Waals surface area contributed by atoms with E-state index in [1.54, 1.807) is 0 Å². The van der Waals surface area contributed by atoms with Crippen LogP contribution in [0.3, 0.4) is 0 Å². The van der Waals surface area contributed by atoms with Crippen LogP contribution in [-0.4, -0.2) is 19.8 Å². The van der Waals surface area contributed by atoms with Crippen molar-refractivity contribution < 1.29 is 8.85 Å². The van der Waals surface area contributed by atoms with Crippen molar-refractivity contribution in [3.63, 3.8) is 0 Å². The minimum Gasteiger partial charge on any atom is -0.386 e. The number of hydrogen-bond acceptors (Lipinski definition) is 2. The zero-order valence-electron chi connectivity index (χ0n) is 14.1. The van der Waals surface area contributed by atoms with Gasteiger partial charge in [0.05, 0.1) is 11.2 Å². The molecule has 2 nitrogen and oxygen atoms in total. The van der Waals surface area contributed by atoms with Crippen LogP contribution in [0.25, 0.3) is 0 Å². The summed E-state index contributed by atoms with van der Waals surface area (Å²) in [5, 5.41) is 1.20. The molecule has 0 spiro atoms. The summed E-state index contributed by atoms with van der Waals surface area (Å²) in [7, 11) is -2.44. The molecule has 0 aliphatic heterocycles. The van der Waals surface area contributed by atoms with Crippen molar-refractivity contribution in [1.82, 2.24) is 0 Å². The van der Waals surface area contributed by atoms with E-state index in [9.17, 15) is 0 Å². The Morgan fingerprint density at radius 3 is 1.60 bits per heavy atom. The molecule has 0 fully saturated rings. The molecule has 0 aliphatic rings. The molecule has 0 aromatic heterocycles. The first-order chi connectivity index (χ1) is 9.14. The average Bonchev–Trinajstić information content (AvgIpc) is 2.38. The Kier molecular flexibility index (Phi) is 5.59. The minimum atomic E-state index is -2.44. The first-order valence-electron chi connectivity index (χ1n) is 7.60. The van der Waals surface area contributed by atoms with Crippen LogP contribution in [0.4, 0.5) is 0 Å². The van der Waals surface area contributed by atoms with E-state index in [0.29, 0.717) is 0 Å².